The van der Waals surface area contributed by atoms with E-state index in [1.54, 1.807) is 33.8 Å². The van der Waals surface area contributed by atoms with Gasteiger partial charge in [0.25, 0.3) is 5.91 Å². The number of para-hydroxylation sites is 1. The number of rotatable bonds is 6. The maximum Gasteiger partial charge on any atom is 0.289 e. The van der Waals surface area contributed by atoms with Gasteiger partial charge in [-0.05, 0) is 53.7 Å². The van der Waals surface area contributed by atoms with Crippen molar-refractivity contribution in [2.75, 3.05) is 32.8 Å². The summed E-state index contributed by atoms with van der Waals surface area (Å²) in [5, 5.41) is 12.6. The number of aromatic nitrogens is 4. The molecule has 0 N–H and O–H groups in total. The number of ether oxygens (including phenoxy) is 1. The summed E-state index contributed by atoms with van der Waals surface area (Å²) in [6.45, 7) is 5.43. The van der Waals surface area contributed by atoms with Crippen LogP contribution in [0.1, 0.15) is 23.3 Å². The number of benzene rings is 2. The van der Waals surface area contributed by atoms with Gasteiger partial charge in [-0.2, -0.15) is 4.68 Å². The molecule has 34 heavy (non-hydrogen) atoms. The Balaban J connectivity index is 1.23. The van der Waals surface area contributed by atoms with Crippen molar-refractivity contribution in [1.29, 1.82) is 0 Å². The van der Waals surface area contributed by atoms with E-state index in [1.807, 2.05) is 31.2 Å². The molecule has 1 saturated heterocycles. The van der Waals surface area contributed by atoms with Crippen LogP contribution in [0.4, 0.5) is 0 Å². The number of fused-ring (bicyclic) bond motifs is 1. The van der Waals surface area contributed by atoms with Crippen molar-refractivity contribution in [2.45, 2.75) is 13.5 Å². The van der Waals surface area contributed by atoms with Gasteiger partial charge in [0.2, 0.25) is 0 Å². The molecule has 1 amide bonds. The van der Waals surface area contributed by atoms with Crippen molar-refractivity contribution in [3.8, 4) is 11.4 Å². The maximum atomic E-state index is 13.0. The molecule has 0 radical (unpaired) electrons. The Morgan fingerprint density at radius 1 is 1.06 bits per heavy atom. The third kappa shape index (κ3) is 4.40. The highest BCUT2D eigenvalue weighted by molar-refractivity contribution is 5.93. The Kier molecular flexibility index (Phi) is 6.05. The topological polar surface area (TPSA) is 107 Å². The lowest BCUT2D eigenvalue weighted by molar-refractivity contribution is 0.0594. The average Bonchev–Trinajstić information content (AvgIpc) is 3.33. The Hall–Kier alpha value is -4.05. The summed E-state index contributed by atoms with van der Waals surface area (Å²) in [6, 6.07) is 15.8. The van der Waals surface area contributed by atoms with Crippen molar-refractivity contribution < 1.29 is 13.9 Å². The van der Waals surface area contributed by atoms with E-state index in [1.165, 1.54) is 6.07 Å². The summed E-state index contributed by atoms with van der Waals surface area (Å²) in [7, 11) is 0. The van der Waals surface area contributed by atoms with Crippen LogP contribution in [0.3, 0.4) is 0 Å². The van der Waals surface area contributed by atoms with Gasteiger partial charge in [-0.25, -0.2) is 0 Å². The van der Waals surface area contributed by atoms with E-state index >= 15 is 0 Å². The molecule has 5 rings (SSSR count). The van der Waals surface area contributed by atoms with Gasteiger partial charge in [0.15, 0.2) is 17.0 Å². The van der Waals surface area contributed by atoms with Crippen LogP contribution in [0.5, 0.6) is 5.75 Å². The first-order chi connectivity index (χ1) is 16.6. The lowest BCUT2D eigenvalue weighted by Gasteiger charge is -2.34. The Bertz CT molecular complexity index is 1360. The van der Waals surface area contributed by atoms with Crippen LogP contribution in [-0.2, 0) is 6.54 Å². The first-order valence-corrected chi connectivity index (χ1v) is 11.2. The normalized spacial score (nSPS) is 14.4. The predicted molar refractivity (Wildman–Crippen MR) is 124 cm³/mol. The summed E-state index contributed by atoms with van der Waals surface area (Å²) in [5.74, 6) is 1.30. The molecule has 10 heteroatoms. The molecule has 0 aliphatic carbocycles. The van der Waals surface area contributed by atoms with E-state index in [4.69, 9.17) is 9.15 Å². The highest BCUT2D eigenvalue weighted by Crippen LogP contribution is 2.18. The number of nitrogens with zero attached hydrogens (tertiary/aromatic N) is 6. The van der Waals surface area contributed by atoms with E-state index in [0.717, 1.165) is 11.4 Å². The van der Waals surface area contributed by atoms with Gasteiger partial charge < -0.3 is 14.1 Å². The van der Waals surface area contributed by atoms with Gasteiger partial charge in [-0.3, -0.25) is 14.5 Å². The van der Waals surface area contributed by atoms with Gasteiger partial charge in [0.05, 0.1) is 24.2 Å². The fraction of sp³-hybridized carbons (Fsp3) is 0.292. The zero-order valence-corrected chi connectivity index (χ0v) is 18.8. The smallest absolute Gasteiger partial charge is 0.289 e. The van der Waals surface area contributed by atoms with Gasteiger partial charge >= 0.3 is 0 Å². The van der Waals surface area contributed by atoms with Crippen LogP contribution >= 0.6 is 0 Å². The van der Waals surface area contributed by atoms with E-state index in [9.17, 15) is 9.59 Å². The number of piperazine rings is 1. The van der Waals surface area contributed by atoms with Crippen molar-refractivity contribution in [3.63, 3.8) is 0 Å². The largest absolute Gasteiger partial charge is 0.494 e. The molecule has 10 nitrogen and oxygen atoms in total. The number of carbonyl (C=O) groups excluding carboxylic acids is 1. The fourth-order valence-electron chi connectivity index (χ4n) is 4.03. The minimum atomic E-state index is -0.276. The van der Waals surface area contributed by atoms with Crippen LogP contribution < -0.4 is 10.2 Å². The van der Waals surface area contributed by atoms with Crippen molar-refractivity contribution in [2.24, 2.45) is 0 Å². The van der Waals surface area contributed by atoms with Crippen LogP contribution in [0.2, 0.25) is 0 Å². The number of carbonyl (C=O) groups is 1. The van der Waals surface area contributed by atoms with E-state index in [-0.39, 0.29) is 17.1 Å². The molecule has 1 aliphatic rings. The monoisotopic (exact) mass is 460 g/mol. The van der Waals surface area contributed by atoms with Crippen molar-refractivity contribution in [3.05, 3.63) is 76.4 Å². The standard InChI is InChI=1S/C24H24N6O4/c1-2-33-18-9-7-17(8-10-18)30-23(25-26-27-30)16-28-11-13-29(14-12-28)24(32)22-15-20(31)19-5-3-4-6-21(19)34-22/h3-10,15H,2,11-14,16H2,1H3. The van der Waals surface area contributed by atoms with Crippen molar-refractivity contribution in [1.82, 2.24) is 30.0 Å². The number of hydrogen-bond acceptors (Lipinski definition) is 8. The van der Waals surface area contributed by atoms with Gasteiger partial charge in [-0.15, -0.1) is 5.10 Å². The van der Waals surface area contributed by atoms with Crippen LogP contribution in [-0.4, -0.2) is 68.7 Å². The molecule has 0 atom stereocenters. The second-order valence-corrected chi connectivity index (χ2v) is 7.97. The van der Waals surface area contributed by atoms with Crippen LogP contribution in [0.25, 0.3) is 16.7 Å². The van der Waals surface area contributed by atoms with E-state index in [2.05, 4.69) is 20.4 Å². The number of tetrazole rings is 1. The quantitative estimate of drug-likeness (QED) is 0.431. The van der Waals surface area contributed by atoms with Crippen LogP contribution in [0, 0.1) is 0 Å². The average molecular weight is 460 g/mol. The molecule has 3 heterocycles. The summed E-state index contributed by atoms with van der Waals surface area (Å²) in [5.41, 5.74) is 1.05. The van der Waals surface area contributed by atoms with E-state index < -0.39 is 0 Å². The summed E-state index contributed by atoms with van der Waals surface area (Å²) >= 11 is 0. The molecular formula is C24H24N6O4. The second kappa shape index (κ2) is 9.44. The zero-order valence-electron chi connectivity index (χ0n) is 18.8. The van der Waals surface area contributed by atoms with Gasteiger partial charge in [0.1, 0.15) is 11.3 Å². The molecule has 2 aromatic heterocycles. The maximum absolute atomic E-state index is 13.0. The molecule has 4 aromatic rings. The molecule has 1 aliphatic heterocycles. The van der Waals surface area contributed by atoms with Gasteiger partial charge in [0, 0.05) is 32.2 Å². The number of hydrogen-bond donors (Lipinski definition) is 0. The summed E-state index contributed by atoms with van der Waals surface area (Å²) in [4.78, 5) is 29.2. The highest BCUT2D eigenvalue weighted by atomic mass is 16.5. The molecule has 0 spiro atoms. The summed E-state index contributed by atoms with van der Waals surface area (Å²) in [6.07, 6.45) is 0. The fourth-order valence-corrected chi connectivity index (χ4v) is 4.03. The lowest BCUT2D eigenvalue weighted by atomic mass is 10.2. The SMILES string of the molecule is CCOc1ccc(-n2nnnc2CN2CCN(C(=O)c3cc(=O)c4ccccc4o3)CC2)cc1. The zero-order chi connectivity index (χ0) is 23.5. The Labute approximate surface area is 195 Å². The minimum absolute atomic E-state index is 0.0663. The second-order valence-electron chi connectivity index (χ2n) is 7.97. The van der Waals surface area contributed by atoms with Crippen molar-refractivity contribution >= 4 is 16.9 Å². The van der Waals surface area contributed by atoms with Crippen LogP contribution in [0.15, 0.2) is 63.8 Å². The summed E-state index contributed by atoms with van der Waals surface area (Å²) < 4.78 is 12.9. The molecular weight excluding hydrogens is 436 g/mol. The minimum Gasteiger partial charge on any atom is -0.494 e. The molecule has 1 fully saturated rings. The number of amides is 1. The first kappa shape index (κ1) is 21.8. The highest BCUT2D eigenvalue weighted by Gasteiger charge is 2.25. The molecule has 2 aromatic carbocycles. The third-order valence-electron chi connectivity index (χ3n) is 5.80. The molecule has 0 bridgehead atoms. The van der Waals surface area contributed by atoms with E-state index in [0.29, 0.717) is 56.1 Å². The molecule has 174 valence electrons. The Morgan fingerprint density at radius 2 is 1.82 bits per heavy atom. The first-order valence-electron chi connectivity index (χ1n) is 11.2. The third-order valence-corrected chi connectivity index (χ3v) is 5.80. The van der Waals surface area contributed by atoms with Gasteiger partial charge in [-0.1, -0.05) is 12.1 Å². The lowest BCUT2D eigenvalue weighted by Crippen LogP contribution is -2.48. The molecule has 0 unspecified atom stereocenters. The Morgan fingerprint density at radius 3 is 2.59 bits per heavy atom. The molecule has 0 saturated carbocycles. The predicted octanol–water partition coefficient (Wildman–Crippen LogP) is 2.13.